The number of nitrogens with zero attached hydrogens (tertiary/aromatic N) is 1. The van der Waals surface area contributed by atoms with Gasteiger partial charge in [-0.3, -0.25) is 9.59 Å². The minimum atomic E-state index is -1.62. The lowest BCUT2D eigenvalue weighted by Gasteiger charge is -2.26. The van der Waals surface area contributed by atoms with Crippen LogP contribution in [-0.4, -0.2) is 82.3 Å². The van der Waals surface area contributed by atoms with Gasteiger partial charge < -0.3 is 33.3 Å². The van der Waals surface area contributed by atoms with Crippen molar-refractivity contribution in [3.63, 3.8) is 0 Å². The Balaban J connectivity index is 3.80. The number of allylic oxidation sites excluding steroid dienone is 10. The molecule has 0 saturated heterocycles. The standard InChI is InChI=1S/C60H107NO8/c1-6-8-10-12-13-14-15-16-17-18-19-20-21-22-23-24-25-26-27-28-29-30-31-32-33-34-35-36-37-38-39-40-41-42-43-44-45-47-49-51-58(63)69-56(54-67-57(62)50-48-46-11-9-7-2)55-68-60(59(64)65)66-53-52-61(3,4)5/h8,10,13-14,16-17,19-20,22-23,56,60H,6-7,9,11-12,15,18,21,24-55H2,1-5H3/b10-8-,14-13-,17-16-,20-19-,23-22-. The van der Waals surface area contributed by atoms with Crippen molar-refractivity contribution < 1.29 is 42.9 Å². The lowest BCUT2D eigenvalue weighted by atomic mass is 10.0. The molecule has 2 unspecified atom stereocenters. The first-order valence-electron chi connectivity index (χ1n) is 28.4. The molecule has 9 nitrogen and oxygen atoms in total. The van der Waals surface area contributed by atoms with Gasteiger partial charge in [0.05, 0.1) is 40.3 Å². The van der Waals surface area contributed by atoms with Gasteiger partial charge in [0.2, 0.25) is 0 Å². The van der Waals surface area contributed by atoms with Crippen LogP contribution in [0.25, 0.3) is 0 Å². The van der Waals surface area contributed by atoms with Gasteiger partial charge in [-0.2, -0.15) is 0 Å². The average Bonchev–Trinajstić information content (AvgIpc) is 3.31. The monoisotopic (exact) mass is 970 g/mol. The number of ether oxygens (including phenoxy) is 4. The molecule has 0 spiro atoms. The first kappa shape index (κ1) is 66.0. The van der Waals surface area contributed by atoms with Crippen LogP contribution in [0.2, 0.25) is 0 Å². The molecule has 9 heteroatoms. The molecule has 0 rings (SSSR count). The highest BCUT2D eigenvalue weighted by molar-refractivity contribution is 5.70. The van der Waals surface area contributed by atoms with E-state index < -0.39 is 24.3 Å². The van der Waals surface area contributed by atoms with Crippen LogP contribution in [0.3, 0.4) is 0 Å². The van der Waals surface area contributed by atoms with E-state index in [1.54, 1.807) is 0 Å². The van der Waals surface area contributed by atoms with Crippen LogP contribution < -0.4 is 5.11 Å². The number of hydrogen-bond donors (Lipinski definition) is 0. The van der Waals surface area contributed by atoms with Crippen molar-refractivity contribution in [2.24, 2.45) is 0 Å². The number of aliphatic carboxylic acids is 1. The molecule has 0 saturated carbocycles. The van der Waals surface area contributed by atoms with E-state index >= 15 is 0 Å². The summed E-state index contributed by atoms with van der Waals surface area (Å²) in [4.78, 5) is 36.7. The summed E-state index contributed by atoms with van der Waals surface area (Å²) in [6, 6.07) is 0. The highest BCUT2D eigenvalue weighted by Crippen LogP contribution is 2.17. The highest BCUT2D eigenvalue weighted by atomic mass is 16.7. The van der Waals surface area contributed by atoms with Crippen molar-refractivity contribution in [3.05, 3.63) is 60.8 Å². The Bertz CT molecular complexity index is 1310. The van der Waals surface area contributed by atoms with E-state index in [-0.39, 0.29) is 38.6 Å². The molecule has 2 atom stereocenters. The van der Waals surface area contributed by atoms with Crippen molar-refractivity contribution >= 4 is 17.9 Å². The van der Waals surface area contributed by atoms with Crippen LogP contribution in [0.15, 0.2) is 60.8 Å². The van der Waals surface area contributed by atoms with Gasteiger partial charge in [0.25, 0.3) is 0 Å². The zero-order valence-corrected chi connectivity index (χ0v) is 45.4. The van der Waals surface area contributed by atoms with Crippen LogP contribution in [0.5, 0.6) is 0 Å². The summed E-state index contributed by atoms with van der Waals surface area (Å²) < 4.78 is 22.4. The summed E-state index contributed by atoms with van der Waals surface area (Å²) in [6.45, 7) is 4.54. The van der Waals surface area contributed by atoms with Gasteiger partial charge in [-0.1, -0.05) is 235 Å². The predicted octanol–water partition coefficient (Wildman–Crippen LogP) is 15.1. The van der Waals surface area contributed by atoms with Crippen LogP contribution in [-0.2, 0) is 33.3 Å². The largest absolute Gasteiger partial charge is 0.545 e. The lowest BCUT2D eigenvalue weighted by molar-refractivity contribution is -0.870. The summed E-state index contributed by atoms with van der Waals surface area (Å²) in [7, 11) is 5.91. The average molecular weight is 971 g/mol. The number of likely N-dealkylation sites (N-methyl/N-ethyl adjacent to an activating group) is 1. The topological polar surface area (TPSA) is 111 Å². The molecule has 0 aliphatic rings. The normalized spacial score (nSPS) is 13.2. The Labute approximate surface area is 425 Å². The van der Waals surface area contributed by atoms with Gasteiger partial charge >= 0.3 is 11.9 Å². The molecule has 0 bridgehead atoms. The fraction of sp³-hybridized carbons (Fsp3) is 0.783. The van der Waals surface area contributed by atoms with E-state index in [1.807, 2.05) is 21.1 Å². The van der Waals surface area contributed by atoms with Gasteiger partial charge in [0, 0.05) is 12.8 Å². The Kier molecular flexibility index (Phi) is 49.1. The van der Waals surface area contributed by atoms with Crippen molar-refractivity contribution in [1.29, 1.82) is 0 Å². The van der Waals surface area contributed by atoms with Crippen LogP contribution >= 0.6 is 0 Å². The van der Waals surface area contributed by atoms with Gasteiger partial charge in [0.15, 0.2) is 12.4 Å². The third-order valence-electron chi connectivity index (χ3n) is 12.3. The number of esters is 2. The highest BCUT2D eigenvalue weighted by Gasteiger charge is 2.22. The number of carbonyl (C=O) groups is 3. The molecule has 0 N–H and O–H groups in total. The third kappa shape index (κ3) is 52.6. The molecular formula is C60H107NO8. The van der Waals surface area contributed by atoms with E-state index in [0.29, 0.717) is 17.4 Å². The van der Waals surface area contributed by atoms with Gasteiger partial charge in [-0.05, 0) is 57.8 Å². The first-order valence-corrected chi connectivity index (χ1v) is 28.4. The molecule has 69 heavy (non-hydrogen) atoms. The first-order chi connectivity index (χ1) is 33.6. The van der Waals surface area contributed by atoms with Crippen LogP contribution in [0.4, 0.5) is 0 Å². The lowest BCUT2D eigenvalue weighted by Crippen LogP contribution is -2.44. The second-order valence-corrected chi connectivity index (χ2v) is 20.2. The van der Waals surface area contributed by atoms with E-state index in [4.69, 9.17) is 18.9 Å². The number of carboxylic acids is 1. The zero-order valence-electron chi connectivity index (χ0n) is 45.4. The number of carboxylic acid groups (broad SMARTS) is 1. The Hall–Kier alpha value is -3.01. The van der Waals surface area contributed by atoms with Gasteiger partial charge in [0.1, 0.15) is 13.2 Å². The molecular weight excluding hydrogens is 863 g/mol. The maximum Gasteiger partial charge on any atom is 0.306 e. The molecule has 400 valence electrons. The summed E-state index contributed by atoms with van der Waals surface area (Å²) >= 11 is 0. The smallest absolute Gasteiger partial charge is 0.306 e. The maximum absolute atomic E-state index is 12.7. The Morgan fingerprint density at radius 3 is 1.23 bits per heavy atom. The number of quaternary nitrogens is 1. The van der Waals surface area contributed by atoms with E-state index in [9.17, 15) is 19.5 Å². The molecule has 0 aromatic heterocycles. The molecule has 0 aliphatic heterocycles. The third-order valence-corrected chi connectivity index (χ3v) is 12.3. The molecule has 0 radical (unpaired) electrons. The van der Waals surface area contributed by atoms with Crippen molar-refractivity contribution in [1.82, 2.24) is 0 Å². The summed E-state index contributed by atoms with van der Waals surface area (Å²) in [5, 5.41) is 11.7. The molecule has 0 heterocycles. The minimum absolute atomic E-state index is 0.149. The summed E-state index contributed by atoms with van der Waals surface area (Å²) in [5.74, 6) is -2.29. The second-order valence-electron chi connectivity index (χ2n) is 20.2. The number of carbonyl (C=O) groups excluding carboxylic acids is 3. The van der Waals surface area contributed by atoms with E-state index in [1.165, 1.54) is 135 Å². The summed E-state index contributed by atoms with van der Waals surface area (Å²) in [6.07, 6.45) is 62.2. The van der Waals surface area contributed by atoms with E-state index in [2.05, 4.69) is 74.6 Å². The number of rotatable bonds is 52. The van der Waals surface area contributed by atoms with E-state index in [0.717, 1.165) is 77.0 Å². The van der Waals surface area contributed by atoms with Crippen LogP contribution in [0.1, 0.15) is 245 Å². The zero-order chi connectivity index (χ0) is 50.6. The SMILES string of the molecule is CC/C=C\C/C=C\C/C=C\C/C=C\C/C=C\CCCCCCCCCCCCCCCCCCCCCCCCCC(=O)OC(COC(=O)CCCCCCC)COC(OCC[N+](C)(C)C)C(=O)[O-]. The summed E-state index contributed by atoms with van der Waals surface area (Å²) in [5.41, 5.74) is 0. The van der Waals surface area contributed by atoms with Crippen molar-refractivity contribution in [2.45, 2.75) is 257 Å². The maximum atomic E-state index is 12.7. The Morgan fingerprint density at radius 2 is 0.826 bits per heavy atom. The van der Waals surface area contributed by atoms with Crippen LogP contribution in [0, 0.1) is 0 Å². The molecule has 0 fully saturated rings. The Morgan fingerprint density at radius 1 is 0.449 bits per heavy atom. The molecule has 0 aromatic rings. The molecule has 0 amide bonds. The second kappa shape index (κ2) is 51.3. The molecule has 0 aromatic carbocycles. The van der Waals surface area contributed by atoms with Crippen molar-refractivity contribution in [2.75, 3.05) is 47.5 Å². The molecule has 0 aliphatic carbocycles. The quantitative estimate of drug-likeness (QED) is 0.0195. The van der Waals surface area contributed by atoms with Gasteiger partial charge in [-0.25, -0.2) is 0 Å². The van der Waals surface area contributed by atoms with Gasteiger partial charge in [-0.15, -0.1) is 0 Å². The fourth-order valence-corrected chi connectivity index (χ4v) is 7.92. The predicted molar refractivity (Wildman–Crippen MR) is 288 cm³/mol. The minimum Gasteiger partial charge on any atom is -0.545 e. The number of unbranched alkanes of at least 4 members (excludes halogenated alkanes) is 27. The fourth-order valence-electron chi connectivity index (χ4n) is 7.92. The number of hydrogen-bond acceptors (Lipinski definition) is 8. The van der Waals surface area contributed by atoms with Crippen molar-refractivity contribution in [3.8, 4) is 0 Å².